The molecular formula is C47H50Cl6F3N7O11. The lowest BCUT2D eigenvalue weighted by Crippen LogP contribution is -2.63. The van der Waals surface area contributed by atoms with Gasteiger partial charge in [0.05, 0.1) is 74.3 Å². The standard InChI is InChI=1S/C15H16Cl2FN3O3.C15H14Cl2FN3O2.C15H14Cl2FNO5.C2H6O/c16-8-2-1-6(3-9(8)17)5-24-10-4-7-11(14(7,18)12(19)22)15(10,21)13(20)23;16-9-2-1-7(3-10(9)17)5-23-11-4-8-12(14(11,21)6-19)15(8,18)13(20)22;16-8-2-1-6(3-9(8)17)5-24-10-4-7-11(14(7,18)12(20)21)15(10,19)13(22)23;1-2-3/h1-3,7,10-11H,4-5,21H2,(H2,19,22)(H2,20,23);1-3,8,11-12H,4-5,21H2,(H2,20,22);1-3,7,10-11H,4-5,19H2,(H,20,21)(H,22,23);3H,2H2,1H3/t7-,10-,11+,14-,15+;8-,11-,12-,14+,15-;7-,10-,11+,14-,15+;/m111./s1. The number of amides is 3. The maximum atomic E-state index is 14.6. The lowest BCUT2D eigenvalue weighted by atomic mass is 9.87. The minimum Gasteiger partial charge on any atom is -0.480 e. The number of fused-ring (bicyclic) bond motifs is 3. The van der Waals surface area contributed by atoms with Crippen molar-refractivity contribution in [2.24, 2.45) is 69.9 Å². The zero-order chi connectivity index (χ0) is 55.4. The molecule has 0 aliphatic heterocycles. The highest BCUT2D eigenvalue weighted by atomic mass is 35.5. The number of primary amides is 3. The zero-order valence-electron chi connectivity index (χ0n) is 38.8. The van der Waals surface area contributed by atoms with E-state index in [1.54, 1.807) is 61.5 Å². The highest BCUT2D eigenvalue weighted by molar-refractivity contribution is 6.43. The third-order valence-electron chi connectivity index (χ3n) is 14.8. The highest BCUT2D eigenvalue weighted by Crippen LogP contribution is 2.69. The fraction of sp³-hybridized carbons (Fsp3) is 0.489. The summed E-state index contributed by atoms with van der Waals surface area (Å²) < 4.78 is 60.4. The number of halogens is 9. The highest BCUT2D eigenvalue weighted by Gasteiger charge is 2.86. The number of carbonyl (C=O) groups is 5. The van der Waals surface area contributed by atoms with Gasteiger partial charge in [-0.1, -0.05) is 87.8 Å². The average molecular weight is 1160 g/mol. The molecule has 0 spiro atoms. The van der Waals surface area contributed by atoms with Crippen molar-refractivity contribution in [3.63, 3.8) is 0 Å². The van der Waals surface area contributed by atoms with Crippen molar-refractivity contribution < 1.29 is 66.7 Å². The SMILES string of the molecule is CCO.N#C[C@@]1(N)[C@H]2[C@@H](C[C@H]1OCc1ccc(Cl)c(Cl)c1)[C@]2(F)C(N)=O.NC(=O)[C@@]1(N)[C@H]2[C@@H](C[C@H]1OCc1ccc(Cl)c(Cl)c1)[C@]2(F)C(N)=O.N[C@]1(C(=O)O)[C@H]2[C@@H](C[C@H]1OCc1ccc(Cl)c(Cl)c1)[C@]2(F)C(=O)O. The van der Waals surface area contributed by atoms with Crippen LogP contribution in [0.25, 0.3) is 0 Å². The molecule has 3 aromatic rings. The Balaban J connectivity index is 0.000000176. The van der Waals surface area contributed by atoms with Crippen LogP contribution in [0.1, 0.15) is 42.9 Å². The van der Waals surface area contributed by atoms with Crippen molar-refractivity contribution in [2.75, 3.05) is 6.61 Å². The first-order chi connectivity index (χ1) is 34.4. The Bertz CT molecular complexity index is 2670. The van der Waals surface area contributed by atoms with E-state index in [4.69, 9.17) is 128 Å². The summed E-state index contributed by atoms with van der Waals surface area (Å²) in [7, 11) is 0. The summed E-state index contributed by atoms with van der Waals surface area (Å²) >= 11 is 35.3. The number of alkyl halides is 3. The van der Waals surface area contributed by atoms with Crippen LogP contribution in [0.5, 0.6) is 0 Å². The first-order valence-electron chi connectivity index (χ1n) is 22.4. The molecule has 0 saturated heterocycles. The number of hydrogen-bond donors (Lipinski definition) is 9. The van der Waals surface area contributed by atoms with Gasteiger partial charge in [0.15, 0.2) is 11.3 Å². The predicted octanol–water partition coefficient (Wildman–Crippen LogP) is 4.95. The van der Waals surface area contributed by atoms with Gasteiger partial charge in [-0.2, -0.15) is 5.26 Å². The van der Waals surface area contributed by atoms with E-state index >= 15 is 0 Å². The minimum atomic E-state index is -2.60. The Kier molecular flexibility index (Phi) is 17.3. The summed E-state index contributed by atoms with van der Waals surface area (Å²) in [6.45, 7) is 2.17. The number of aliphatic hydroxyl groups is 1. The third-order valence-corrected chi connectivity index (χ3v) is 17.0. The molecule has 0 radical (unpaired) electrons. The van der Waals surface area contributed by atoms with Crippen LogP contribution < -0.4 is 34.4 Å². The fourth-order valence-corrected chi connectivity index (χ4v) is 11.9. The number of ether oxygens (including phenoxy) is 3. The molecule has 15 N–H and O–H groups in total. The Hall–Kier alpha value is -4.25. The maximum absolute atomic E-state index is 14.6. The number of hydrogen-bond acceptors (Lipinski definition) is 13. The molecule has 0 aromatic heterocycles. The Morgan fingerprint density at radius 1 is 0.568 bits per heavy atom. The lowest BCUT2D eigenvalue weighted by molar-refractivity contribution is -0.156. The number of carboxylic acid groups (broad SMARTS) is 2. The topological polar surface area (TPSA) is 354 Å². The molecule has 402 valence electrons. The molecule has 0 unspecified atom stereocenters. The molecule has 74 heavy (non-hydrogen) atoms. The Labute approximate surface area is 450 Å². The average Bonchev–Trinajstić information content (AvgIpc) is 4.17. The van der Waals surface area contributed by atoms with Crippen LogP contribution in [-0.2, 0) is 58.0 Å². The molecule has 0 heterocycles. The van der Waals surface area contributed by atoms with Gasteiger partial charge in [0, 0.05) is 42.1 Å². The second-order valence-electron chi connectivity index (χ2n) is 18.8. The van der Waals surface area contributed by atoms with E-state index in [1.807, 2.05) is 6.07 Å². The molecule has 3 aromatic carbocycles. The summed E-state index contributed by atoms with van der Waals surface area (Å²) in [6, 6.07) is 16.6. The largest absolute Gasteiger partial charge is 0.480 e. The molecule has 6 fully saturated rings. The van der Waals surface area contributed by atoms with E-state index in [0.717, 1.165) is 5.56 Å². The molecule has 9 rings (SSSR count). The smallest absolute Gasteiger partial charge is 0.342 e. The van der Waals surface area contributed by atoms with Gasteiger partial charge in [0.25, 0.3) is 11.8 Å². The molecule has 3 amide bonds. The first kappa shape index (κ1) is 59.0. The quantitative estimate of drug-likeness (QED) is 0.103. The van der Waals surface area contributed by atoms with E-state index in [1.165, 1.54) is 0 Å². The number of aliphatic hydroxyl groups excluding tert-OH is 1. The van der Waals surface area contributed by atoms with Gasteiger partial charge in [-0.25, -0.2) is 18.0 Å². The van der Waals surface area contributed by atoms with Crippen molar-refractivity contribution in [3.8, 4) is 6.07 Å². The molecule has 6 saturated carbocycles. The number of aliphatic carboxylic acids is 2. The molecule has 15 atom stereocenters. The second kappa shape index (κ2) is 21.6. The van der Waals surface area contributed by atoms with Gasteiger partial charge in [0.1, 0.15) is 16.6 Å². The van der Waals surface area contributed by atoms with Crippen LogP contribution >= 0.6 is 69.6 Å². The normalized spacial score (nSPS) is 36.1. The number of benzene rings is 3. The van der Waals surface area contributed by atoms with Crippen LogP contribution in [0.2, 0.25) is 30.1 Å². The number of nitrogens with two attached hydrogens (primary N) is 6. The summed E-state index contributed by atoms with van der Waals surface area (Å²) in [5.74, 6) is -11.9. The van der Waals surface area contributed by atoms with Gasteiger partial charge in [-0.3, -0.25) is 19.2 Å². The van der Waals surface area contributed by atoms with Crippen LogP contribution in [-0.4, -0.2) is 104 Å². The second-order valence-corrected chi connectivity index (χ2v) is 21.3. The molecule has 6 aliphatic rings. The number of nitrogens with zero attached hydrogens (tertiary/aromatic N) is 1. The van der Waals surface area contributed by atoms with E-state index in [-0.39, 0.29) is 45.7 Å². The van der Waals surface area contributed by atoms with Crippen molar-refractivity contribution >= 4 is 99.3 Å². The van der Waals surface area contributed by atoms with Crippen LogP contribution in [0.15, 0.2) is 54.6 Å². The predicted molar refractivity (Wildman–Crippen MR) is 263 cm³/mol. The molecular weight excluding hydrogens is 1110 g/mol. The van der Waals surface area contributed by atoms with Crippen molar-refractivity contribution in [3.05, 3.63) is 101 Å². The van der Waals surface area contributed by atoms with Crippen molar-refractivity contribution in [1.29, 1.82) is 5.26 Å². The van der Waals surface area contributed by atoms with E-state index in [9.17, 15) is 47.5 Å². The summed E-state index contributed by atoms with van der Waals surface area (Å²) in [5, 5.41) is 37.6. The van der Waals surface area contributed by atoms with E-state index < -0.39 is 117 Å². The van der Waals surface area contributed by atoms with Crippen LogP contribution in [0.3, 0.4) is 0 Å². The number of nitriles is 1. The summed E-state index contributed by atoms with van der Waals surface area (Å²) in [4.78, 5) is 57.1. The van der Waals surface area contributed by atoms with E-state index in [2.05, 4.69) is 0 Å². The molecule has 0 bridgehead atoms. The molecule has 6 aliphatic carbocycles. The Morgan fingerprint density at radius 3 is 1.23 bits per heavy atom. The maximum Gasteiger partial charge on any atom is 0.342 e. The number of carboxylic acids is 2. The third kappa shape index (κ3) is 10.1. The minimum absolute atomic E-state index is 0.000414. The van der Waals surface area contributed by atoms with Gasteiger partial charge in [0.2, 0.25) is 11.6 Å². The Morgan fingerprint density at radius 2 is 0.892 bits per heavy atom. The first-order valence-corrected chi connectivity index (χ1v) is 24.7. The van der Waals surface area contributed by atoms with Gasteiger partial charge >= 0.3 is 11.9 Å². The summed E-state index contributed by atoms with van der Waals surface area (Å²) in [5.41, 5.74) is 23.1. The number of rotatable bonds is 14. The van der Waals surface area contributed by atoms with Crippen LogP contribution in [0, 0.1) is 46.8 Å². The monoisotopic (exact) mass is 1160 g/mol. The van der Waals surface area contributed by atoms with Crippen LogP contribution in [0.4, 0.5) is 13.2 Å². The van der Waals surface area contributed by atoms with E-state index in [0.29, 0.717) is 41.3 Å². The van der Waals surface area contributed by atoms with Gasteiger partial charge in [-0.05, 0) is 79.3 Å². The zero-order valence-corrected chi connectivity index (χ0v) is 43.3. The molecule has 27 heteroatoms. The molecule has 18 nitrogen and oxygen atoms in total. The number of carbonyl (C=O) groups excluding carboxylic acids is 3. The van der Waals surface area contributed by atoms with Gasteiger partial charge in [-0.15, -0.1) is 0 Å². The summed E-state index contributed by atoms with van der Waals surface area (Å²) in [6.07, 6.45) is -2.30. The van der Waals surface area contributed by atoms with Gasteiger partial charge < -0.3 is 63.9 Å². The fourth-order valence-electron chi connectivity index (χ4n) is 10.9. The van der Waals surface area contributed by atoms with Crippen molar-refractivity contribution in [1.82, 2.24) is 0 Å². The van der Waals surface area contributed by atoms with Crippen molar-refractivity contribution in [2.45, 2.75) is 97.9 Å². The lowest BCUT2D eigenvalue weighted by Gasteiger charge is -2.32.